The van der Waals surface area contributed by atoms with Crippen molar-refractivity contribution in [2.24, 2.45) is 0 Å². The Morgan fingerprint density at radius 2 is 2.12 bits per heavy atom. The highest BCUT2D eigenvalue weighted by Gasteiger charge is 2.18. The maximum absolute atomic E-state index is 12.4. The van der Waals surface area contributed by atoms with Gasteiger partial charge in [-0.1, -0.05) is 12.1 Å². The first-order chi connectivity index (χ1) is 12.7. The minimum atomic E-state index is -0.115. The third-order valence-electron chi connectivity index (χ3n) is 4.81. The minimum Gasteiger partial charge on any atom is -0.353 e. The van der Waals surface area contributed by atoms with Gasteiger partial charge in [0.2, 0.25) is 5.91 Å². The second kappa shape index (κ2) is 7.07. The number of nitrogens with zero attached hydrogens (tertiary/aromatic N) is 5. The highest BCUT2D eigenvalue weighted by molar-refractivity contribution is 5.77. The predicted molar refractivity (Wildman–Crippen MR) is 95.5 cm³/mol. The van der Waals surface area contributed by atoms with Crippen molar-refractivity contribution in [3.63, 3.8) is 0 Å². The van der Waals surface area contributed by atoms with Gasteiger partial charge in [0.05, 0.1) is 17.2 Å². The van der Waals surface area contributed by atoms with E-state index in [1.165, 1.54) is 10.9 Å². The number of aryl methyl sites for hydroxylation is 3. The summed E-state index contributed by atoms with van der Waals surface area (Å²) in [5.74, 6) is 0.920. The van der Waals surface area contributed by atoms with Crippen molar-refractivity contribution in [3.05, 3.63) is 53.1 Å². The van der Waals surface area contributed by atoms with Crippen LogP contribution in [0.4, 0.5) is 0 Å². The van der Waals surface area contributed by atoms with E-state index < -0.39 is 0 Å². The van der Waals surface area contributed by atoms with Gasteiger partial charge in [-0.3, -0.25) is 14.2 Å². The second-order valence-electron chi connectivity index (χ2n) is 6.54. The number of carbonyl (C=O) groups is 1. The summed E-state index contributed by atoms with van der Waals surface area (Å²) in [6, 6.07) is 7.34. The summed E-state index contributed by atoms with van der Waals surface area (Å²) in [5.41, 5.74) is 0.555. The number of amides is 1. The molecule has 0 saturated heterocycles. The molecule has 8 nitrogen and oxygen atoms in total. The molecule has 26 heavy (non-hydrogen) atoms. The van der Waals surface area contributed by atoms with Gasteiger partial charge in [0.25, 0.3) is 5.56 Å². The first-order valence-electron chi connectivity index (χ1n) is 8.81. The summed E-state index contributed by atoms with van der Waals surface area (Å²) in [5, 5.41) is 11.7. The standard InChI is InChI=1S/C18H20N6O2/c25-17(21-13-5-6-16-22-20-12-23(16)9-7-13)8-10-24-11-19-15-4-2-1-3-14(15)18(24)26/h1-4,11-13H,5-10H2,(H,21,25). The molecule has 3 aromatic rings. The summed E-state index contributed by atoms with van der Waals surface area (Å²) >= 11 is 0. The summed E-state index contributed by atoms with van der Waals surface area (Å²) in [6.45, 7) is 1.13. The number of para-hydroxylation sites is 1. The topological polar surface area (TPSA) is 94.7 Å². The Morgan fingerprint density at radius 3 is 3.04 bits per heavy atom. The van der Waals surface area contributed by atoms with E-state index in [4.69, 9.17) is 0 Å². The lowest BCUT2D eigenvalue weighted by Gasteiger charge is -2.16. The number of nitrogens with one attached hydrogen (secondary N) is 1. The molecule has 1 aliphatic rings. The van der Waals surface area contributed by atoms with Crippen LogP contribution in [0.5, 0.6) is 0 Å². The lowest BCUT2D eigenvalue weighted by molar-refractivity contribution is -0.122. The molecule has 0 radical (unpaired) electrons. The smallest absolute Gasteiger partial charge is 0.261 e. The van der Waals surface area contributed by atoms with Gasteiger partial charge in [-0.2, -0.15) is 0 Å². The monoisotopic (exact) mass is 352 g/mol. The largest absolute Gasteiger partial charge is 0.353 e. The molecule has 0 fully saturated rings. The van der Waals surface area contributed by atoms with Crippen molar-refractivity contribution in [2.75, 3.05) is 0 Å². The van der Waals surface area contributed by atoms with E-state index in [0.29, 0.717) is 17.4 Å². The van der Waals surface area contributed by atoms with Crippen molar-refractivity contribution in [1.29, 1.82) is 0 Å². The fourth-order valence-electron chi connectivity index (χ4n) is 3.33. The Morgan fingerprint density at radius 1 is 1.23 bits per heavy atom. The Bertz CT molecular complexity index is 970. The molecule has 1 N–H and O–H groups in total. The van der Waals surface area contributed by atoms with Gasteiger partial charge in [0.15, 0.2) is 0 Å². The normalized spacial score (nSPS) is 16.8. The molecule has 8 heteroatoms. The fraction of sp³-hybridized carbons (Fsp3) is 0.389. The Kier molecular flexibility index (Phi) is 4.47. The highest BCUT2D eigenvalue weighted by atomic mass is 16.2. The van der Waals surface area contributed by atoms with Gasteiger partial charge in [0, 0.05) is 32.0 Å². The van der Waals surface area contributed by atoms with Crippen LogP contribution in [-0.4, -0.2) is 36.3 Å². The number of hydrogen-bond acceptors (Lipinski definition) is 5. The summed E-state index contributed by atoms with van der Waals surface area (Å²) < 4.78 is 3.53. The summed E-state index contributed by atoms with van der Waals surface area (Å²) in [6.07, 6.45) is 6.01. The zero-order valence-electron chi connectivity index (χ0n) is 14.3. The molecule has 1 amide bonds. The van der Waals surface area contributed by atoms with Crippen LogP contribution in [0.1, 0.15) is 25.1 Å². The minimum absolute atomic E-state index is 0.0484. The molecule has 1 aliphatic heterocycles. The van der Waals surface area contributed by atoms with Crippen molar-refractivity contribution in [2.45, 2.75) is 44.8 Å². The zero-order chi connectivity index (χ0) is 17.9. The summed E-state index contributed by atoms with van der Waals surface area (Å²) in [4.78, 5) is 29.0. The van der Waals surface area contributed by atoms with Gasteiger partial charge in [-0.05, 0) is 25.0 Å². The number of aromatic nitrogens is 5. The van der Waals surface area contributed by atoms with Crippen molar-refractivity contribution >= 4 is 16.8 Å². The molecule has 1 unspecified atom stereocenters. The Labute approximate surface area is 149 Å². The maximum Gasteiger partial charge on any atom is 0.261 e. The van der Waals surface area contributed by atoms with E-state index in [2.05, 4.69) is 20.5 Å². The molecule has 2 aromatic heterocycles. The molecule has 0 spiro atoms. The van der Waals surface area contributed by atoms with Crippen molar-refractivity contribution < 1.29 is 4.79 Å². The number of carbonyl (C=O) groups excluding carboxylic acids is 1. The van der Waals surface area contributed by atoms with E-state index >= 15 is 0 Å². The van der Waals surface area contributed by atoms with E-state index in [9.17, 15) is 9.59 Å². The average Bonchev–Trinajstić information content (AvgIpc) is 3.03. The third-order valence-corrected chi connectivity index (χ3v) is 4.81. The van der Waals surface area contributed by atoms with Gasteiger partial charge in [-0.15, -0.1) is 10.2 Å². The number of benzene rings is 1. The van der Waals surface area contributed by atoms with Crippen LogP contribution < -0.4 is 10.9 Å². The number of rotatable bonds is 4. The van der Waals surface area contributed by atoms with Crippen molar-refractivity contribution in [3.8, 4) is 0 Å². The molecular weight excluding hydrogens is 332 g/mol. The number of hydrogen-bond donors (Lipinski definition) is 1. The van der Waals surface area contributed by atoms with E-state index in [1.54, 1.807) is 18.5 Å². The third kappa shape index (κ3) is 3.35. The highest BCUT2D eigenvalue weighted by Crippen LogP contribution is 2.13. The average molecular weight is 352 g/mol. The van der Waals surface area contributed by atoms with E-state index in [1.807, 2.05) is 16.7 Å². The molecule has 0 bridgehead atoms. The molecule has 0 aliphatic carbocycles. The fourth-order valence-corrected chi connectivity index (χ4v) is 3.33. The van der Waals surface area contributed by atoms with Crippen LogP contribution in [0.3, 0.4) is 0 Å². The molecular formula is C18H20N6O2. The van der Waals surface area contributed by atoms with Crippen LogP contribution >= 0.6 is 0 Å². The molecule has 3 heterocycles. The maximum atomic E-state index is 12.4. The SMILES string of the molecule is O=C(CCn1cnc2ccccc2c1=O)NC1CCc2nncn2CC1. The van der Waals surface area contributed by atoms with Gasteiger partial charge < -0.3 is 9.88 Å². The van der Waals surface area contributed by atoms with Gasteiger partial charge in [-0.25, -0.2) is 4.98 Å². The van der Waals surface area contributed by atoms with Crippen LogP contribution in [0.25, 0.3) is 10.9 Å². The Hall–Kier alpha value is -3.03. The second-order valence-corrected chi connectivity index (χ2v) is 6.54. The molecule has 1 aromatic carbocycles. The predicted octanol–water partition coefficient (Wildman–Crippen LogP) is 0.899. The first-order valence-corrected chi connectivity index (χ1v) is 8.81. The van der Waals surface area contributed by atoms with Crippen LogP contribution in [0, 0.1) is 0 Å². The summed E-state index contributed by atoms with van der Waals surface area (Å²) in [7, 11) is 0. The number of fused-ring (bicyclic) bond motifs is 2. The van der Waals surface area contributed by atoms with E-state index in [0.717, 1.165) is 31.6 Å². The molecule has 4 rings (SSSR count). The van der Waals surface area contributed by atoms with Crippen LogP contribution in [0.15, 0.2) is 41.7 Å². The quantitative estimate of drug-likeness (QED) is 0.753. The molecule has 1 atom stereocenters. The lowest BCUT2D eigenvalue weighted by Crippen LogP contribution is -2.36. The van der Waals surface area contributed by atoms with Gasteiger partial charge >= 0.3 is 0 Å². The van der Waals surface area contributed by atoms with E-state index in [-0.39, 0.29) is 23.9 Å². The zero-order valence-corrected chi connectivity index (χ0v) is 14.3. The van der Waals surface area contributed by atoms with Gasteiger partial charge in [0.1, 0.15) is 12.2 Å². The first kappa shape index (κ1) is 16.4. The van der Waals surface area contributed by atoms with Crippen LogP contribution in [-0.2, 0) is 24.3 Å². The van der Waals surface area contributed by atoms with Crippen molar-refractivity contribution in [1.82, 2.24) is 29.6 Å². The Balaban J connectivity index is 1.35. The molecule has 134 valence electrons. The lowest BCUT2D eigenvalue weighted by atomic mass is 10.1. The molecule has 0 saturated carbocycles. The van der Waals surface area contributed by atoms with Crippen LogP contribution in [0.2, 0.25) is 0 Å².